The van der Waals surface area contributed by atoms with Gasteiger partial charge in [-0.3, -0.25) is 19.1 Å². The van der Waals surface area contributed by atoms with Gasteiger partial charge in [0, 0.05) is 31.5 Å². The summed E-state index contributed by atoms with van der Waals surface area (Å²) in [7, 11) is 0. The molecule has 39 heavy (non-hydrogen) atoms. The van der Waals surface area contributed by atoms with Crippen LogP contribution in [0.5, 0.6) is 5.75 Å². The molecule has 5 rings (SSSR count). The summed E-state index contributed by atoms with van der Waals surface area (Å²) in [5.41, 5.74) is -0.438. The second-order valence-electron chi connectivity index (χ2n) is 10.8. The second kappa shape index (κ2) is 10.8. The van der Waals surface area contributed by atoms with Crippen LogP contribution in [0.15, 0.2) is 58.4 Å². The third-order valence-corrected chi connectivity index (χ3v) is 7.17. The number of amides is 1. The Balaban J connectivity index is 1.30. The van der Waals surface area contributed by atoms with Crippen molar-refractivity contribution in [3.63, 3.8) is 0 Å². The summed E-state index contributed by atoms with van der Waals surface area (Å²) in [5.74, 6) is 1.05. The molecule has 0 aliphatic carbocycles. The molecule has 2 unspecified atom stereocenters. The van der Waals surface area contributed by atoms with Gasteiger partial charge in [-0.2, -0.15) is 0 Å². The molecule has 2 atom stereocenters. The highest BCUT2D eigenvalue weighted by Gasteiger charge is 2.44. The molecule has 0 bridgehead atoms. The van der Waals surface area contributed by atoms with E-state index >= 15 is 0 Å². The topological polar surface area (TPSA) is 110 Å². The number of fused-ring (bicyclic) bond motifs is 1. The fourth-order valence-corrected chi connectivity index (χ4v) is 5.36. The van der Waals surface area contributed by atoms with Gasteiger partial charge >= 0.3 is 6.09 Å². The average Bonchev–Trinajstić information content (AvgIpc) is 3.32. The summed E-state index contributed by atoms with van der Waals surface area (Å²) >= 11 is 5.85. The zero-order valence-corrected chi connectivity index (χ0v) is 23.0. The number of aromatic amines is 1. The summed E-state index contributed by atoms with van der Waals surface area (Å²) in [6, 6.07) is 10.0. The Morgan fingerprint density at radius 1 is 1.10 bits per heavy atom. The van der Waals surface area contributed by atoms with Gasteiger partial charge in [0.2, 0.25) is 0 Å². The Hall–Kier alpha value is -3.79. The standard InChI is InChI=1S/C28H32ClN5O5/c1-28(2,3)39-27(37)34-14-11-22-21(34)5-4-12-32(22)24-9-8-23(26(36)31-24)33-13-10-20(15-25(33)35)38-17-19-7-6-18(29)16-30-19/h6-10,13,15-16,21-22H,4-5,11-12,14,17H2,1-3H3,(H,31,36). The van der Waals surface area contributed by atoms with Gasteiger partial charge in [0.05, 0.1) is 22.8 Å². The number of piperidine rings is 1. The first kappa shape index (κ1) is 26.8. The fourth-order valence-electron chi connectivity index (χ4n) is 5.24. The Bertz CT molecular complexity index is 1460. The molecule has 0 saturated carbocycles. The first-order valence-electron chi connectivity index (χ1n) is 13.0. The van der Waals surface area contributed by atoms with E-state index in [0.717, 1.165) is 25.8 Å². The lowest BCUT2D eigenvalue weighted by Crippen LogP contribution is -2.52. The molecule has 10 nitrogen and oxygen atoms in total. The number of hydrogen-bond acceptors (Lipinski definition) is 7. The SMILES string of the molecule is CC(C)(C)OC(=O)N1CCC2C1CCCN2c1ccc(-n2ccc(OCc3ccc(Cl)cn3)cc2=O)c(=O)[nH]1. The van der Waals surface area contributed by atoms with Crippen molar-refractivity contribution in [1.29, 1.82) is 0 Å². The van der Waals surface area contributed by atoms with E-state index in [0.29, 0.717) is 28.8 Å². The molecular weight excluding hydrogens is 522 g/mol. The smallest absolute Gasteiger partial charge is 0.410 e. The lowest BCUT2D eigenvalue weighted by molar-refractivity contribution is 0.0204. The van der Waals surface area contributed by atoms with Crippen molar-refractivity contribution in [2.75, 3.05) is 18.0 Å². The van der Waals surface area contributed by atoms with Gasteiger partial charge in [-0.1, -0.05) is 11.6 Å². The molecule has 0 aromatic carbocycles. The largest absolute Gasteiger partial charge is 0.487 e. The number of ether oxygens (including phenoxy) is 2. The van der Waals surface area contributed by atoms with Crippen LogP contribution in [0, 0.1) is 0 Å². The van der Waals surface area contributed by atoms with Gasteiger partial charge in [-0.15, -0.1) is 0 Å². The number of halogens is 1. The third kappa shape index (κ3) is 5.95. The van der Waals surface area contributed by atoms with E-state index in [1.54, 1.807) is 24.3 Å². The van der Waals surface area contributed by atoms with Crippen LogP contribution in [0.4, 0.5) is 10.6 Å². The van der Waals surface area contributed by atoms with Crippen LogP contribution in [-0.4, -0.2) is 56.3 Å². The molecule has 2 aliphatic heterocycles. The first-order valence-corrected chi connectivity index (χ1v) is 13.4. The van der Waals surface area contributed by atoms with Crippen LogP contribution in [0.1, 0.15) is 45.7 Å². The molecule has 1 N–H and O–H groups in total. The summed E-state index contributed by atoms with van der Waals surface area (Å²) in [6.45, 7) is 7.15. The summed E-state index contributed by atoms with van der Waals surface area (Å²) in [6.07, 6.45) is 5.32. The normalized spacial score (nSPS) is 19.1. The number of H-pyrrole nitrogens is 1. The van der Waals surface area contributed by atoms with Crippen molar-refractivity contribution in [3.8, 4) is 11.4 Å². The number of hydrogen-bond donors (Lipinski definition) is 1. The fraction of sp³-hybridized carbons (Fsp3) is 0.429. The number of anilines is 1. The molecular formula is C28H32ClN5O5. The van der Waals surface area contributed by atoms with Crippen LogP contribution in [-0.2, 0) is 11.3 Å². The molecule has 0 spiro atoms. The van der Waals surface area contributed by atoms with E-state index in [1.165, 1.54) is 23.0 Å². The van der Waals surface area contributed by atoms with Crippen LogP contribution in [0.2, 0.25) is 5.02 Å². The molecule has 1 amide bonds. The molecule has 3 aromatic rings. The third-order valence-electron chi connectivity index (χ3n) is 6.95. The van der Waals surface area contributed by atoms with E-state index in [4.69, 9.17) is 21.1 Å². The quantitative estimate of drug-likeness (QED) is 0.506. The minimum Gasteiger partial charge on any atom is -0.487 e. The van der Waals surface area contributed by atoms with Crippen molar-refractivity contribution in [1.82, 2.24) is 19.4 Å². The monoisotopic (exact) mass is 553 g/mol. The maximum absolute atomic E-state index is 13.1. The molecule has 206 valence electrons. The van der Waals surface area contributed by atoms with Gasteiger partial charge in [0.15, 0.2) is 0 Å². The van der Waals surface area contributed by atoms with Crippen molar-refractivity contribution in [2.24, 2.45) is 0 Å². The molecule has 2 saturated heterocycles. The van der Waals surface area contributed by atoms with E-state index in [9.17, 15) is 14.4 Å². The molecule has 0 radical (unpaired) electrons. The van der Waals surface area contributed by atoms with E-state index in [1.807, 2.05) is 31.7 Å². The van der Waals surface area contributed by atoms with E-state index in [-0.39, 0.29) is 36.0 Å². The van der Waals surface area contributed by atoms with Crippen LogP contribution < -0.4 is 20.8 Å². The van der Waals surface area contributed by atoms with Crippen molar-refractivity contribution < 1.29 is 14.3 Å². The number of pyridine rings is 3. The number of nitrogens with zero attached hydrogens (tertiary/aromatic N) is 4. The second-order valence-corrected chi connectivity index (χ2v) is 11.3. The number of likely N-dealkylation sites (tertiary alicyclic amines) is 1. The highest BCUT2D eigenvalue weighted by atomic mass is 35.5. The zero-order chi connectivity index (χ0) is 27.7. The number of nitrogens with one attached hydrogen (secondary N) is 1. The molecule has 5 heterocycles. The van der Waals surface area contributed by atoms with Gasteiger partial charge < -0.3 is 24.3 Å². The Labute approximate surface area is 231 Å². The highest BCUT2D eigenvalue weighted by molar-refractivity contribution is 6.30. The number of aromatic nitrogens is 3. The van der Waals surface area contributed by atoms with Gasteiger partial charge in [-0.05, 0) is 70.4 Å². The van der Waals surface area contributed by atoms with E-state index < -0.39 is 11.2 Å². The minimum atomic E-state index is -0.555. The number of carbonyl (C=O) groups is 1. The minimum absolute atomic E-state index is 0.0232. The Kier molecular flexibility index (Phi) is 7.40. The maximum atomic E-state index is 13.1. The lowest BCUT2D eigenvalue weighted by atomic mass is 9.97. The van der Waals surface area contributed by atoms with Crippen molar-refractivity contribution >= 4 is 23.5 Å². The summed E-state index contributed by atoms with van der Waals surface area (Å²) < 4.78 is 12.6. The first-order chi connectivity index (χ1) is 18.6. The predicted octanol–water partition coefficient (Wildman–Crippen LogP) is 4.13. The molecule has 11 heteroatoms. The predicted molar refractivity (Wildman–Crippen MR) is 148 cm³/mol. The highest BCUT2D eigenvalue weighted by Crippen LogP contribution is 2.34. The zero-order valence-electron chi connectivity index (χ0n) is 22.2. The van der Waals surface area contributed by atoms with Crippen molar-refractivity contribution in [2.45, 2.75) is 64.3 Å². The Morgan fingerprint density at radius 2 is 1.92 bits per heavy atom. The van der Waals surface area contributed by atoms with Gasteiger partial charge in [0.1, 0.15) is 29.5 Å². The molecule has 2 aliphatic rings. The lowest BCUT2D eigenvalue weighted by Gasteiger charge is -2.41. The van der Waals surface area contributed by atoms with Crippen LogP contribution in [0.3, 0.4) is 0 Å². The van der Waals surface area contributed by atoms with Gasteiger partial charge in [0.25, 0.3) is 11.1 Å². The van der Waals surface area contributed by atoms with Gasteiger partial charge in [-0.25, -0.2) is 4.79 Å². The van der Waals surface area contributed by atoms with Crippen LogP contribution >= 0.6 is 11.6 Å². The van der Waals surface area contributed by atoms with Crippen molar-refractivity contribution in [3.05, 3.63) is 80.2 Å². The Morgan fingerprint density at radius 3 is 2.62 bits per heavy atom. The average molecular weight is 554 g/mol. The number of carbonyl (C=O) groups excluding carboxylic acids is 1. The molecule has 2 fully saturated rings. The van der Waals surface area contributed by atoms with Crippen LogP contribution in [0.25, 0.3) is 5.69 Å². The molecule has 3 aromatic heterocycles. The summed E-state index contributed by atoms with van der Waals surface area (Å²) in [4.78, 5) is 49.8. The van der Waals surface area contributed by atoms with E-state index in [2.05, 4.69) is 14.9 Å². The number of rotatable bonds is 5. The summed E-state index contributed by atoms with van der Waals surface area (Å²) in [5, 5.41) is 0.531. The maximum Gasteiger partial charge on any atom is 0.410 e.